The van der Waals surface area contributed by atoms with Crippen molar-refractivity contribution in [1.29, 1.82) is 0 Å². The molecular formula is C5H7BrClNO. The molecule has 1 aromatic heterocycles. The molecule has 1 heterocycles. The zero-order chi connectivity index (χ0) is 5.98. The Labute approximate surface area is 68.0 Å². The van der Waals surface area contributed by atoms with Gasteiger partial charge in [0.2, 0.25) is 0 Å². The lowest BCUT2D eigenvalue weighted by Crippen LogP contribution is -1.93. The first kappa shape index (κ1) is 9.01. The largest absolute Gasteiger partial charge is 0.457 e. The molecule has 4 heteroatoms. The monoisotopic (exact) mass is 211 g/mol. The number of hydrogen-bond acceptors (Lipinski definition) is 2. The molecule has 0 aliphatic heterocycles. The van der Waals surface area contributed by atoms with Gasteiger partial charge in [-0.2, -0.15) is 0 Å². The minimum absolute atomic E-state index is 0. The maximum absolute atomic E-state index is 5.31. The molecule has 0 spiro atoms. The smallest absolute Gasteiger partial charge is 0.173 e. The van der Waals surface area contributed by atoms with Crippen molar-refractivity contribution in [1.82, 2.24) is 0 Å². The number of nitrogens with two attached hydrogens (primary N) is 1. The minimum atomic E-state index is 0. The van der Waals surface area contributed by atoms with Gasteiger partial charge >= 0.3 is 0 Å². The van der Waals surface area contributed by atoms with E-state index in [1.807, 2.05) is 6.07 Å². The lowest BCUT2D eigenvalue weighted by atomic mass is 10.4. The third kappa shape index (κ3) is 2.01. The molecule has 0 radical (unpaired) electrons. The second-order valence-electron chi connectivity index (χ2n) is 1.42. The number of hydrogen-bond donors (Lipinski definition) is 1. The second-order valence-corrected chi connectivity index (χ2v) is 2.14. The maximum atomic E-state index is 5.31. The van der Waals surface area contributed by atoms with Crippen molar-refractivity contribution in [2.75, 3.05) is 0 Å². The van der Waals surface area contributed by atoms with Crippen LogP contribution in [0, 0.1) is 0 Å². The second kappa shape index (κ2) is 3.93. The fourth-order valence-corrected chi connectivity index (χ4v) is 0.867. The zero-order valence-corrected chi connectivity index (χ0v) is 7.04. The highest BCUT2D eigenvalue weighted by molar-refractivity contribution is 9.10. The van der Waals surface area contributed by atoms with Crippen molar-refractivity contribution >= 4 is 28.3 Å². The van der Waals surface area contributed by atoms with E-state index in [0.29, 0.717) is 6.54 Å². The third-order valence-electron chi connectivity index (χ3n) is 0.913. The molecule has 0 saturated carbocycles. The van der Waals surface area contributed by atoms with E-state index in [2.05, 4.69) is 15.9 Å². The SMILES string of the molecule is Cl.NCc1ccoc1Br. The third-order valence-corrected chi connectivity index (χ3v) is 1.61. The Morgan fingerprint density at radius 2 is 2.33 bits per heavy atom. The van der Waals surface area contributed by atoms with Crippen LogP contribution < -0.4 is 5.73 Å². The zero-order valence-electron chi connectivity index (χ0n) is 4.63. The summed E-state index contributed by atoms with van der Waals surface area (Å²) in [6.07, 6.45) is 1.60. The Bertz CT molecular complexity index is 177. The first-order valence-electron chi connectivity index (χ1n) is 2.26. The van der Waals surface area contributed by atoms with E-state index in [1.165, 1.54) is 0 Å². The maximum Gasteiger partial charge on any atom is 0.173 e. The molecule has 0 atom stereocenters. The van der Waals surface area contributed by atoms with Crippen molar-refractivity contribution in [3.63, 3.8) is 0 Å². The standard InChI is InChI=1S/C5H6BrNO.ClH/c6-5-4(3-7)1-2-8-5;/h1-2H,3,7H2;1H. The molecule has 0 fully saturated rings. The van der Waals surface area contributed by atoms with Crippen LogP contribution in [0.5, 0.6) is 0 Å². The quantitative estimate of drug-likeness (QED) is 0.772. The van der Waals surface area contributed by atoms with Gasteiger partial charge in [0.25, 0.3) is 0 Å². The van der Waals surface area contributed by atoms with Gasteiger partial charge in [0.05, 0.1) is 6.26 Å². The van der Waals surface area contributed by atoms with Crippen LogP contribution in [-0.4, -0.2) is 0 Å². The van der Waals surface area contributed by atoms with E-state index in [1.54, 1.807) is 6.26 Å². The molecule has 0 amide bonds. The van der Waals surface area contributed by atoms with E-state index in [4.69, 9.17) is 10.2 Å². The fourth-order valence-electron chi connectivity index (χ4n) is 0.465. The Morgan fingerprint density at radius 3 is 2.56 bits per heavy atom. The molecule has 0 saturated heterocycles. The summed E-state index contributed by atoms with van der Waals surface area (Å²) in [4.78, 5) is 0. The van der Waals surface area contributed by atoms with Crippen molar-refractivity contribution in [2.45, 2.75) is 6.54 Å². The molecule has 1 aromatic rings. The van der Waals surface area contributed by atoms with Crippen LogP contribution in [0.1, 0.15) is 5.56 Å². The predicted octanol–water partition coefficient (Wildman–Crippen LogP) is 1.92. The van der Waals surface area contributed by atoms with Gasteiger partial charge in [0.1, 0.15) is 0 Å². The van der Waals surface area contributed by atoms with Gasteiger partial charge in [0, 0.05) is 12.1 Å². The summed E-state index contributed by atoms with van der Waals surface area (Å²) in [6, 6.07) is 1.84. The molecule has 0 aromatic carbocycles. The van der Waals surface area contributed by atoms with Crippen molar-refractivity contribution < 1.29 is 4.42 Å². The van der Waals surface area contributed by atoms with Gasteiger partial charge in [-0.05, 0) is 22.0 Å². The van der Waals surface area contributed by atoms with Crippen molar-refractivity contribution in [2.24, 2.45) is 5.73 Å². The summed E-state index contributed by atoms with van der Waals surface area (Å²) in [7, 11) is 0. The number of halogens is 2. The lowest BCUT2D eigenvalue weighted by Gasteiger charge is -1.84. The molecular weight excluding hydrogens is 205 g/mol. The average Bonchev–Trinajstić information content (AvgIpc) is 2.14. The van der Waals surface area contributed by atoms with E-state index in [-0.39, 0.29) is 12.4 Å². The van der Waals surface area contributed by atoms with Crippen LogP contribution in [0.25, 0.3) is 0 Å². The fraction of sp³-hybridized carbons (Fsp3) is 0.200. The predicted molar refractivity (Wildman–Crippen MR) is 41.5 cm³/mol. The van der Waals surface area contributed by atoms with Crippen LogP contribution >= 0.6 is 28.3 Å². The molecule has 9 heavy (non-hydrogen) atoms. The van der Waals surface area contributed by atoms with E-state index in [0.717, 1.165) is 10.2 Å². The highest BCUT2D eigenvalue weighted by Crippen LogP contribution is 2.15. The molecule has 0 aliphatic rings. The van der Waals surface area contributed by atoms with Crippen molar-refractivity contribution in [3.05, 3.63) is 22.6 Å². The Hall–Kier alpha value is 0.01000. The summed E-state index contributed by atoms with van der Waals surface area (Å²) in [6.45, 7) is 0.525. The Morgan fingerprint density at radius 1 is 1.67 bits per heavy atom. The van der Waals surface area contributed by atoms with E-state index >= 15 is 0 Å². The minimum Gasteiger partial charge on any atom is -0.457 e. The number of furan rings is 1. The van der Waals surface area contributed by atoms with Gasteiger partial charge < -0.3 is 10.2 Å². The van der Waals surface area contributed by atoms with E-state index < -0.39 is 0 Å². The van der Waals surface area contributed by atoms with Gasteiger partial charge in [-0.3, -0.25) is 0 Å². The number of rotatable bonds is 1. The molecule has 52 valence electrons. The molecule has 1 rings (SSSR count). The Kier molecular flexibility index (Phi) is 3.93. The summed E-state index contributed by atoms with van der Waals surface area (Å²) < 4.78 is 5.63. The van der Waals surface area contributed by atoms with Crippen molar-refractivity contribution in [3.8, 4) is 0 Å². The van der Waals surface area contributed by atoms with Crippen LogP contribution in [0.4, 0.5) is 0 Å². The summed E-state index contributed by atoms with van der Waals surface area (Å²) in [5.41, 5.74) is 6.31. The van der Waals surface area contributed by atoms with Crippen LogP contribution in [0.3, 0.4) is 0 Å². The molecule has 0 bridgehead atoms. The van der Waals surface area contributed by atoms with Crippen LogP contribution in [0.15, 0.2) is 21.4 Å². The highest BCUT2D eigenvalue weighted by atomic mass is 79.9. The van der Waals surface area contributed by atoms with Gasteiger partial charge in [-0.25, -0.2) is 0 Å². The van der Waals surface area contributed by atoms with E-state index in [9.17, 15) is 0 Å². The van der Waals surface area contributed by atoms with Crippen LogP contribution in [0.2, 0.25) is 0 Å². The molecule has 2 nitrogen and oxygen atoms in total. The first-order chi connectivity index (χ1) is 3.84. The normalized spacial score (nSPS) is 8.67. The highest BCUT2D eigenvalue weighted by Gasteiger charge is 1.96. The first-order valence-corrected chi connectivity index (χ1v) is 3.06. The summed E-state index contributed by atoms with van der Waals surface area (Å²) in [5.74, 6) is 0. The molecule has 0 unspecified atom stereocenters. The average molecular weight is 212 g/mol. The van der Waals surface area contributed by atoms with Crippen LogP contribution in [-0.2, 0) is 6.54 Å². The van der Waals surface area contributed by atoms with Gasteiger partial charge in [0.15, 0.2) is 4.67 Å². The van der Waals surface area contributed by atoms with Gasteiger partial charge in [-0.1, -0.05) is 0 Å². The lowest BCUT2D eigenvalue weighted by molar-refractivity contribution is 0.537. The topological polar surface area (TPSA) is 39.2 Å². The summed E-state index contributed by atoms with van der Waals surface area (Å²) in [5, 5.41) is 0. The van der Waals surface area contributed by atoms with Gasteiger partial charge in [-0.15, -0.1) is 12.4 Å². The molecule has 0 aliphatic carbocycles. The summed E-state index contributed by atoms with van der Waals surface area (Å²) >= 11 is 3.18. The molecule has 2 N–H and O–H groups in total. The Balaban J connectivity index is 0.000000640.